The number of thiazole rings is 1. The van der Waals surface area contributed by atoms with Gasteiger partial charge in [-0.05, 0) is 44.4 Å². The van der Waals surface area contributed by atoms with Gasteiger partial charge in [0.05, 0.1) is 17.1 Å². The number of carbonyl (C=O) groups is 2. The van der Waals surface area contributed by atoms with E-state index in [2.05, 4.69) is 4.98 Å². The van der Waals surface area contributed by atoms with Gasteiger partial charge in [-0.25, -0.2) is 4.98 Å². The first-order chi connectivity index (χ1) is 11.0. The molecule has 5 nitrogen and oxygen atoms in total. The van der Waals surface area contributed by atoms with Gasteiger partial charge in [0.25, 0.3) is 0 Å². The van der Waals surface area contributed by atoms with Crippen LogP contribution in [0.4, 0.5) is 5.69 Å². The lowest BCUT2D eigenvalue weighted by molar-refractivity contribution is -0.118. The Labute approximate surface area is 139 Å². The highest BCUT2D eigenvalue weighted by atomic mass is 32.1. The summed E-state index contributed by atoms with van der Waals surface area (Å²) in [5, 5.41) is 0.973. The average Bonchev–Trinajstić information content (AvgIpc) is 2.83. The molecule has 0 spiro atoms. The molecule has 1 aliphatic heterocycles. The standard InChI is InChI=1S/C17H19N3O2S/c1-10-14(19-11(2)23-10)9-16(21)20-8-4-6-12-13(17(18)22)5-3-7-15(12)20/h3,5,7H,4,6,8-9H2,1-2H3,(H2,18,22). The minimum Gasteiger partial charge on any atom is -0.366 e. The van der Waals surface area contributed by atoms with Crippen LogP contribution in [0.15, 0.2) is 18.2 Å². The van der Waals surface area contributed by atoms with Gasteiger partial charge in [-0.1, -0.05) is 6.07 Å². The van der Waals surface area contributed by atoms with Crippen molar-refractivity contribution >= 4 is 28.8 Å². The van der Waals surface area contributed by atoms with Crippen molar-refractivity contribution in [3.05, 3.63) is 44.9 Å². The molecule has 1 aromatic carbocycles. The molecule has 0 atom stereocenters. The molecule has 6 heteroatoms. The number of hydrogen-bond acceptors (Lipinski definition) is 4. The van der Waals surface area contributed by atoms with Gasteiger partial charge in [-0.15, -0.1) is 11.3 Å². The molecule has 0 fully saturated rings. The molecule has 2 aromatic rings. The summed E-state index contributed by atoms with van der Waals surface area (Å²) in [5.41, 5.74) is 8.50. The topological polar surface area (TPSA) is 76.3 Å². The number of fused-ring (bicyclic) bond motifs is 1. The van der Waals surface area contributed by atoms with Crippen LogP contribution < -0.4 is 10.6 Å². The molecule has 0 radical (unpaired) electrons. The van der Waals surface area contributed by atoms with E-state index >= 15 is 0 Å². The van der Waals surface area contributed by atoms with Crippen LogP contribution >= 0.6 is 11.3 Å². The van der Waals surface area contributed by atoms with Crippen LogP contribution in [0.3, 0.4) is 0 Å². The van der Waals surface area contributed by atoms with Crippen molar-refractivity contribution in [3.63, 3.8) is 0 Å². The van der Waals surface area contributed by atoms with Crippen LogP contribution in [0.1, 0.15) is 37.9 Å². The van der Waals surface area contributed by atoms with Crippen molar-refractivity contribution in [2.24, 2.45) is 5.73 Å². The van der Waals surface area contributed by atoms with E-state index < -0.39 is 5.91 Å². The zero-order valence-corrected chi connectivity index (χ0v) is 14.1. The summed E-state index contributed by atoms with van der Waals surface area (Å²) >= 11 is 1.61. The van der Waals surface area contributed by atoms with E-state index in [-0.39, 0.29) is 12.3 Å². The van der Waals surface area contributed by atoms with Crippen molar-refractivity contribution < 1.29 is 9.59 Å². The van der Waals surface area contributed by atoms with Crippen LogP contribution in [0.5, 0.6) is 0 Å². The number of nitrogens with zero attached hydrogens (tertiary/aromatic N) is 2. The number of benzene rings is 1. The molecule has 23 heavy (non-hydrogen) atoms. The van der Waals surface area contributed by atoms with Crippen molar-refractivity contribution in [2.45, 2.75) is 33.1 Å². The maximum absolute atomic E-state index is 12.7. The predicted molar refractivity (Wildman–Crippen MR) is 90.9 cm³/mol. The Morgan fingerprint density at radius 2 is 2.13 bits per heavy atom. The summed E-state index contributed by atoms with van der Waals surface area (Å²) in [6, 6.07) is 5.39. The van der Waals surface area contributed by atoms with E-state index in [0.717, 1.165) is 39.7 Å². The van der Waals surface area contributed by atoms with Crippen molar-refractivity contribution in [1.29, 1.82) is 0 Å². The molecular weight excluding hydrogens is 310 g/mol. The molecule has 0 saturated carbocycles. The molecule has 2 N–H and O–H groups in total. The Balaban J connectivity index is 1.91. The number of carbonyl (C=O) groups excluding carboxylic acids is 2. The molecule has 0 aliphatic carbocycles. The Morgan fingerprint density at radius 1 is 1.35 bits per heavy atom. The first-order valence-corrected chi connectivity index (χ1v) is 8.44. The summed E-state index contributed by atoms with van der Waals surface area (Å²) in [6.07, 6.45) is 1.89. The normalized spacial score (nSPS) is 13.7. The Kier molecular flexibility index (Phi) is 4.17. The van der Waals surface area contributed by atoms with Crippen LogP contribution in [0.2, 0.25) is 0 Å². The summed E-state index contributed by atoms with van der Waals surface area (Å²) in [4.78, 5) is 31.6. The van der Waals surface area contributed by atoms with Crippen molar-refractivity contribution in [2.75, 3.05) is 11.4 Å². The third-order valence-corrected chi connectivity index (χ3v) is 5.06. The van der Waals surface area contributed by atoms with Gasteiger partial charge in [-0.2, -0.15) is 0 Å². The van der Waals surface area contributed by atoms with Gasteiger partial charge in [0, 0.05) is 22.7 Å². The molecule has 1 aliphatic rings. The minimum atomic E-state index is -0.442. The van der Waals surface area contributed by atoms with Gasteiger partial charge < -0.3 is 10.6 Å². The summed E-state index contributed by atoms with van der Waals surface area (Å²) in [5.74, 6) is -0.428. The van der Waals surface area contributed by atoms with E-state index in [9.17, 15) is 9.59 Å². The number of primary amides is 1. The minimum absolute atomic E-state index is 0.0148. The van der Waals surface area contributed by atoms with Crippen molar-refractivity contribution in [1.82, 2.24) is 4.98 Å². The lowest BCUT2D eigenvalue weighted by Gasteiger charge is -2.30. The molecule has 2 amide bonds. The van der Waals surface area contributed by atoms with Gasteiger partial charge in [0.2, 0.25) is 11.8 Å². The van der Waals surface area contributed by atoms with Crippen LogP contribution in [0, 0.1) is 13.8 Å². The van der Waals surface area contributed by atoms with Gasteiger partial charge in [-0.3, -0.25) is 9.59 Å². The quantitative estimate of drug-likeness (QED) is 0.939. The average molecular weight is 329 g/mol. The maximum Gasteiger partial charge on any atom is 0.249 e. The molecule has 120 valence electrons. The second-order valence-electron chi connectivity index (χ2n) is 5.73. The van der Waals surface area contributed by atoms with E-state index in [1.165, 1.54) is 0 Å². The second kappa shape index (κ2) is 6.12. The van der Waals surface area contributed by atoms with Gasteiger partial charge >= 0.3 is 0 Å². The highest BCUT2D eigenvalue weighted by Crippen LogP contribution is 2.30. The smallest absolute Gasteiger partial charge is 0.249 e. The number of amides is 2. The largest absolute Gasteiger partial charge is 0.366 e. The summed E-state index contributed by atoms with van der Waals surface area (Å²) < 4.78 is 0. The zero-order chi connectivity index (χ0) is 16.6. The highest BCUT2D eigenvalue weighted by Gasteiger charge is 2.26. The van der Waals surface area contributed by atoms with Crippen LogP contribution in [-0.4, -0.2) is 23.3 Å². The van der Waals surface area contributed by atoms with E-state index in [4.69, 9.17) is 5.73 Å². The first kappa shape index (κ1) is 15.7. The SMILES string of the molecule is Cc1nc(CC(=O)N2CCCc3c(C(N)=O)cccc32)c(C)s1. The monoisotopic (exact) mass is 329 g/mol. The number of anilines is 1. The van der Waals surface area contributed by atoms with E-state index in [0.29, 0.717) is 12.1 Å². The Bertz CT molecular complexity index is 782. The molecule has 2 heterocycles. The summed E-state index contributed by atoms with van der Waals surface area (Å²) in [6.45, 7) is 4.60. The molecule has 1 aromatic heterocycles. The molecular formula is C17H19N3O2S. The third-order valence-electron chi connectivity index (χ3n) is 4.14. The Morgan fingerprint density at radius 3 is 2.78 bits per heavy atom. The van der Waals surface area contributed by atoms with Crippen molar-refractivity contribution in [3.8, 4) is 0 Å². The number of rotatable bonds is 3. The molecule has 0 bridgehead atoms. The van der Waals surface area contributed by atoms with E-state index in [1.807, 2.05) is 19.9 Å². The number of aryl methyl sites for hydroxylation is 2. The highest BCUT2D eigenvalue weighted by molar-refractivity contribution is 7.11. The number of hydrogen-bond donors (Lipinski definition) is 1. The summed E-state index contributed by atoms with van der Waals surface area (Å²) in [7, 11) is 0. The first-order valence-electron chi connectivity index (χ1n) is 7.62. The molecule has 0 saturated heterocycles. The number of aromatic nitrogens is 1. The molecule has 3 rings (SSSR count). The lowest BCUT2D eigenvalue weighted by Crippen LogP contribution is -2.37. The predicted octanol–water partition coefficient (Wildman–Crippen LogP) is 2.38. The fourth-order valence-corrected chi connectivity index (χ4v) is 3.92. The number of nitrogens with two attached hydrogens (primary N) is 1. The van der Waals surface area contributed by atoms with E-state index in [1.54, 1.807) is 28.4 Å². The second-order valence-corrected chi connectivity index (χ2v) is 7.14. The fourth-order valence-electron chi connectivity index (χ4n) is 3.09. The Hall–Kier alpha value is -2.21. The lowest BCUT2D eigenvalue weighted by atomic mass is 9.95. The molecule has 0 unspecified atom stereocenters. The zero-order valence-electron chi connectivity index (χ0n) is 13.3. The van der Waals surface area contributed by atoms with Crippen LogP contribution in [-0.2, 0) is 17.6 Å². The van der Waals surface area contributed by atoms with Gasteiger partial charge in [0.1, 0.15) is 0 Å². The third kappa shape index (κ3) is 2.99. The maximum atomic E-state index is 12.7. The van der Waals surface area contributed by atoms with Crippen LogP contribution in [0.25, 0.3) is 0 Å². The van der Waals surface area contributed by atoms with Gasteiger partial charge in [0.15, 0.2) is 0 Å². The fraction of sp³-hybridized carbons (Fsp3) is 0.353.